The van der Waals surface area contributed by atoms with E-state index in [2.05, 4.69) is 6.92 Å². The molecule has 0 aromatic heterocycles. The van der Waals surface area contributed by atoms with Gasteiger partial charge in [-0.3, -0.25) is 0 Å². The first-order valence-electron chi connectivity index (χ1n) is 14.5. The number of carbonyl (C=O) groups is 2. The van der Waals surface area contributed by atoms with Crippen LogP contribution in [0.1, 0.15) is 78.1 Å². The molecule has 0 unspecified atom stereocenters. The molecule has 4 rings (SSSR count). The van der Waals surface area contributed by atoms with Gasteiger partial charge < -0.3 is 24.1 Å². The average Bonchev–Trinajstić information content (AvgIpc) is 3.27. The molecule has 1 aliphatic rings. The number of aliphatic hydroxyl groups is 1. The van der Waals surface area contributed by atoms with E-state index in [1.165, 1.54) is 6.42 Å². The van der Waals surface area contributed by atoms with E-state index < -0.39 is 36.0 Å². The summed E-state index contributed by atoms with van der Waals surface area (Å²) in [6.45, 7) is 2.14. The normalized spacial score (nSPS) is 21.9. The zero-order chi connectivity index (χ0) is 28.9. The minimum atomic E-state index is -1.73. The number of hydrogen-bond donors (Lipinski definition) is 1. The van der Waals surface area contributed by atoms with E-state index in [-0.39, 0.29) is 13.2 Å². The summed E-state index contributed by atoms with van der Waals surface area (Å²) in [5, 5.41) is 11.9. The highest BCUT2D eigenvalue weighted by Crippen LogP contribution is 2.38. The van der Waals surface area contributed by atoms with Crippen LogP contribution in [0, 0.1) is 0 Å². The number of ether oxygens (including phenoxy) is 4. The molecule has 7 heteroatoms. The molecule has 0 aliphatic carbocycles. The molecule has 1 heterocycles. The lowest BCUT2D eigenvalue weighted by molar-refractivity contribution is -0.246. The van der Waals surface area contributed by atoms with Crippen LogP contribution in [0.5, 0.6) is 0 Å². The fourth-order valence-electron chi connectivity index (χ4n) is 5.04. The monoisotopic (exact) mass is 560 g/mol. The molecule has 218 valence electrons. The van der Waals surface area contributed by atoms with Gasteiger partial charge in [-0.2, -0.15) is 0 Å². The zero-order valence-electron chi connectivity index (χ0n) is 23.7. The Bertz CT molecular complexity index is 1200. The van der Waals surface area contributed by atoms with Crippen molar-refractivity contribution in [1.29, 1.82) is 0 Å². The maximum Gasteiger partial charge on any atom is 0.338 e. The van der Waals surface area contributed by atoms with Gasteiger partial charge in [0.15, 0.2) is 18.0 Å². The third kappa shape index (κ3) is 8.73. The minimum absolute atomic E-state index is 0.184. The van der Waals surface area contributed by atoms with E-state index in [4.69, 9.17) is 18.9 Å². The van der Waals surface area contributed by atoms with Crippen molar-refractivity contribution in [3.8, 4) is 0 Å². The van der Waals surface area contributed by atoms with Crippen molar-refractivity contribution >= 4 is 11.9 Å². The van der Waals surface area contributed by atoms with Crippen LogP contribution < -0.4 is 0 Å². The summed E-state index contributed by atoms with van der Waals surface area (Å²) < 4.78 is 24.0. The fraction of sp³-hybridized carbons (Fsp3) is 0.412. The topological polar surface area (TPSA) is 91.3 Å². The maximum absolute atomic E-state index is 13.2. The Kier molecular flexibility index (Phi) is 11.5. The zero-order valence-corrected chi connectivity index (χ0v) is 23.7. The standard InChI is InChI=1S/C34H40O7/c1-2-3-4-5-6-16-23-34(37)31(38-24-26-17-10-7-11-18-26)30(40-33(36)28-21-14-9-15-22-28)29(41-34)25-39-32(35)27-19-12-8-13-20-27/h7-15,17-22,29-31,37H,2-6,16,23-25H2,1H3/t29-,30-,31+,34+/m1/s1. The average molecular weight is 561 g/mol. The predicted molar refractivity (Wildman–Crippen MR) is 155 cm³/mol. The van der Waals surface area contributed by atoms with E-state index >= 15 is 0 Å². The number of carbonyl (C=O) groups excluding carboxylic acids is 2. The van der Waals surface area contributed by atoms with Gasteiger partial charge in [0.05, 0.1) is 17.7 Å². The number of benzene rings is 3. The minimum Gasteiger partial charge on any atom is -0.459 e. The highest BCUT2D eigenvalue weighted by Gasteiger charge is 2.57. The van der Waals surface area contributed by atoms with E-state index in [0.717, 1.165) is 31.2 Å². The van der Waals surface area contributed by atoms with Crippen molar-refractivity contribution in [1.82, 2.24) is 0 Å². The lowest BCUT2D eigenvalue weighted by Gasteiger charge is -2.30. The summed E-state index contributed by atoms with van der Waals surface area (Å²) in [5.74, 6) is -2.84. The molecule has 7 nitrogen and oxygen atoms in total. The van der Waals surface area contributed by atoms with Crippen LogP contribution in [0.15, 0.2) is 91.0 Å². The molecule has 3 aromatic carbocycles. The lowest BCUT2D eigenvalue weighted by atomic mass is 9.98. The predicted octanol–water partition coefficient (Wildman–Crippen LogP) is 6.49. The van der Waals surface area contributed by atoms with E-state index in [1.807, 2.05) is 42.5 Å². The first-order valence-corrected chi connectivity index (χ1v) is 14.5. The molecule has 1 fully saturated rings. The second-order valence-electron chi connectivity index (χ2n) is 10.4. The van der Waals surface area contributed by atoms with E-state index in [9.17, 15) is 14.7 Å². The van der Waals surface area contributed by atoms with Crippen molar-refractivity contribution < 1.29 is 33.6 Å². The van der Waals surface area contributed by atoms with Gasteiger partial charge in [0.25, 0.3) is 0 Å². The summed E-state index contributed by atoms with van der Waals surface area (Å²) in [6.07, 6.45) is 3.52. The van der Waals surface area contributed by atoms with Crippen molar-refractivity contribution in [2.24, 2.45) is 0 Å². The van der Waals surface area contributed by atoms with Crippen LogP contribution in [0.3, 0.4) is 0 Å². The van der Waals surface area contributed by atoms with Crippen LogP contribution in [0.2, 0.25) is 0 Å². The largest absolute Gasteiger partial charge is 0.459 e. The van der Waals surface area contributed by atoms with Gasteiger partial charge in [-0.25, -0.2) is 9.59 Å². The lowest BCUT2D eigenvalue weighted by Crippen LogP contribution is -2.46. The maximum atomic E-state index is 13.2. The summed E-state index contributed by atoms with van der Waals surface area (Å²) in [7, 11) is 0. The first kappa shape index (κ1) is 30.4. The molecular weight excluding hydrogens is 520 g/mol. The molecular formula is C34H40O7. The molecule has 4 atom stereocenters. The van der Waals surface area contributed by atoms with Crippen LogP contribution in [-0.2, 0) is 25.6 Å². The molecule has 1 aliphatic heterocycles. The van der Waals surface area contributed by atoms with Crippen molar-refractivity contribution in [3.05, 3.63) is 108 Å². The smallest absolute Gasteiger partial charge is 0.338 e. The van der Waals surface area contributed by atoms with Gasteiger partial charge in [0.2, 0.25) is 0 Å². The van der Waals surface area contributed by atoms with E-state index in [1.54, 1.807) is 48.5 Å². The van der Waals surface area contributed by atoms with Gasteiger partial charge >= 0.3 is 11.9 Å². The highest BCUT2D eigenvalue weighted by atomic mass is 16.7. The van der Waals surface area contributed by atoms with Gasteiger partial charge in [-0.05, 0) is 36.2 Å². The Balaban J connectivity index is 1.55. The number of rotatable bonds is 15. The summed E-state index contributed by atoms with van der Waals surface area (Å²) in [6, 6.07) is 26.8. The second-order valence-corrected chi connectivity index (χ2v) is 10.4. The van der Waals surface area contributed by atoms with Gasteiger partial charge in [0, 0.05) is 6.42 Å². The summed E-state index contributed by atoms with van der Waals surface area (Å²) in [4.78, 5) is 25.9. The second kappa shape index (κ2) is 15.5. The number of unbranched alkanes of at least 4 members (excludes halogenated alkanes) is 5. The molecule has 0 radical (unpaired) electrons. The Morgan fingerprint density at radius 2 is 1.34 bits per heavy atom. The van der Waals surface area contributed by atoms with Crippen LogP contribution in [-0.4, -0.2) is 47.8 Å². The fourth-order valence-corrected chi connectivity index (χ4v) is 5.04. The summed E-state index contributed by atoms with van der Waals surface area (Å²) >= 11 is 0. The number of esters is 2. The molecule has 0 spiro atoms. The highest BCUT2D eigenvalue weighted by molar-refractivity contribution is 5.90. The van der Waals surface area contributed by atoms with Crippen LogP contribution in [0.25, 0.3) is 0 Å². The van der Waals surface area contributed by atoms with Crippen molar-refractivity contribution in [2.45, 2.75) is 82.6 Å². The molecule has 41 heavy (non-hydrogen) atoms. The Morgan fingerprint density at radius 3 is 1.98 bits per heavy atom. The van der Waals surface area contributed by atoms with Crippen LogP contribution in [0.4, 0.5) is 0 Å². The Hall–Kier alpha value is -3.52. The Morgan fingerprint density at radius 1 is 0.780 bits per heavy atom. The van der Waals surface area contributed by atoms with Gasteiger partial charge in [0.1, 0.15) is 12.7 Å². The van der Waals surface area contributed by atoms with E-state index in [0.29, 0.717) is 24.0 Å². The molecule has 0 bridgehead atoms. The van der Waals surface area contributed by atoms with Crippen molar-refractivity contribution in [2.75, 3.05) is 6.61 Å². The SMILES string of the molecule is CCCCCCCC[C@]1(O)O[C@H](COC(=O)c2ccccc2)[C@@H](OC(=O)c2ccccc2)[C@@H]1OCc1ccccc1. The number of hydrogen-bond acceptors (Lipinski definition) is 7. The molecule has 3 aromatic rings. The molecule has 1 saturated heterocycles. The Labute approximate surface area is 242 Å². The van der Waals surface area contributed by atoms with Crippen LogP contribution >= 0.6 is 0 Å². The van der Waals surface area contributed by atoms with Crippen molar-refractivity contribution in [3.63, 3.8) is 0 Å². The summed E-state index contributed by atoms with van der Waals surface area (Å²) in [5.41, 5.74) is 1.66. The van der Waals surface area contributed by atoms with Gasteiger partial charge in [-0.15, -0.1) is 0 Å². The van der Waals surface area contributed by atoms with Gasteiger partial charge in [-0.1, -0.05) is 106 Å². The first-order chi connectivity index (χ1) is 20.0. The third-order valence-electron chi connectivity index (χ3n) is 7.27. The third-order valence-corrected chi connectivity index (χ3v) is 7.27. The molecule has 0 saturated carbocycles. The molecule has 0 amide bonds. The molecule has 1 N–H and O–H groups in total. The quantitative estimate of drug-likeness (QED) is 0.168.